The SMILES string of the molecule is COCCc1noc(-c2ccccc2OC2CN(C(=O)CCC3CCCC3)C2)n1. The molecule has 2 aromatic rings. The highest BCUT2D eigenvalue weighted by Crippen LogP contribution is 2.32. The zero-order valence-electron chi connectivity index (χ0n) is 17.0. The molecule has 1 saturated carbocycles. The van der Waals surface area contributed by atoms with Crippen molar-refractivity contribution in [2.24, 2.45) is 5.92 Å². The monoisotopic (exact) mass is 399 g/mol. The number of carbonyl (C=O) groups is 1. The van der Waals surface area contributed by atoms with Crippen molar-refractivity contribution in [2.75, 3.05) is 26.8 Å². The summed E-state index contributed by atoms with van der Waals surface area (Å²) in [4.78, 5) is 18.7. The summed E-state index contributed by atoms with van der Waals surface area (Å²) in [6, 6.07) is 7.65. The summed E-state index contributed by atoms with van der Waals surface area (Å²) in [6.07, 6.45) is 7.54. The minimum Gasteiger partial charge on any atom is -0.486 e. The van der Waals surface area contributed by atoms with Crippen LogP contribution in [-0.4, -0.2) is 53.9 Å². The lowest BCUT2D eigenvalue weighted by atomic mass is 10.0. The van der Waals surface area contributed by atoms with Crippen LogP contribution in [0.3, 0.4) is 0 Å². The number of aromatic nitrogens is 2. The van der Waals surface area contributed by atoms with Gasteiger partial charge in [-0.15, -0.1) is 0 Å². The van der Waals surface area contributed by atoms with E-state index in [2.05, 4.69) is 10.1 Å². The Balaban J connectivity index is 1.29. The first kappa shape index (κ1) is 19.9. The van der Waals surface area contributed by atoms with Gasteiger partial charge in [-0.2, -0.15) is 4.98 Å². The zero-order valence-corrected chi connectivity index (χ0v) is 17.0. The van der Waals surface area contributed by atoms with Gasteiger partial charge in [-0.05, 0) is 24.5 Å². The van der Waals surface area contributed by atoms with E-state index in [1.165, 1.54) is 25.7 Å². The maximum Gasteiger partial charge on any atom is 0.261 e. The summed E-state index contributed by atoms with van der Waals surface area (Å²) in [5.41, 5.74) is 0.773. The van der Waals surface area contributed by atoms with E-state index < -0.39 is 0 Å². The third-order valence-corrected chi connectivity index (χ3v) is 5.85. The van der Waals surface area contributed by atoms with Crippen LogP contribution < -0.4 is 4.74 Å². The molecule has 1 aromatic heterocycles. The van der Waals surface area contributed by atoms with Crippen molar-refractivity contribution in [2.45, 2.75) is 51.0 Å². The summed E-state index contributed by atoms with van der Waals surface area (Å²) in [5.74, 6) is 2.76. The summed E-state index contributed by atoms with van der Waals surface area (Å²) >= 11 is 0. The molecule has 7 nitrogen and oxygen atoms in total. The van der Waals surface area contributed by atoms with Gasteiger partial charge in [0, 0.05) is 20.0 Å². The van der Waals surface area contributed by atoms with Crippen LogP contribution in [0.2, 0.25) is 0 Å². The van der Waals surface area contributed by atoms with Crippen molar-refractivity contribution >= 4 is 5.91 Å². The number of nitrogens with zero attached hydrogens (tertiary/aromatic N) is 3. The van der Waals surface area contributed by atoms with Crippen LogP contribution >= 0.6 is 0 Å². The highest BCUT2D eigenvalue weighted by atomic mass is 16.5. The Bertz CT molecular complexity index is 810. The minimum atomic E-state index is 0.00228. The molecule has 2 fully saturated rings. The van der Waals surface area contributed by atoms with Gasteiger partial charge in [0.2, 0.25) is 5.91 Å². The fourth-order valence-corrected chi connectivity index (χ4v) is 4.08. The Kier molecular flexibility index (Phi) is 6.44. The van der Waals surface area contributed by atoms with Gasteiger partial charge in [-0.3, -0.25) is 4.79 Å². The maximum atomic E-state index is 12.4. The van der Waals surface area contributed by atoms with E-state index in [1.807, 2.05) is 29.2 Å². The highest BCUT2D eigenvalue weighted by Gasteiger charge is 2.33. The second-order valence-corrected chi connectivity index (χ2v) is 7.98. The van der Waals surface area contributed by atoms with Crippen LogP contribution in [0.25, 0.3) is 11.5 Å². The fourth-order valence-electron chi connectivity index (χ4n) is 4.08. The van der Waals surface area contributed by atoms with Gasteiger partial charge in [0.05, 0.1) is 25.3 Å². The lowest BCUT2D eigenvalue weighted by Gasteiger charge is -2.39. The summed E-state index contributed by atoms with van der Waals surface area (Å²) in [5, 5.41) is 4.00. The molecule has 0 bridgehead atoms. The Hall–Kier alpha value is -2.41. The Morgan fingerprint density at radius 2 is 2.03 bits per heavy atom. The van der Waals surface area contributed by atoms with E-state index in [-0.39, 0.29) is 12.0 Å². The smallest absolute Gasteiger partial charge is 0.261 e. The molecule has 1 amide bonds. The molecule has 0 N–H and O–H groups in total. The van der Waals surface area contributed by atoms with Gasteiger partial charge in [-0.1, -0.05) is 43.0 Å². The van der Waals surface area contributed by atoms with Crippen molar-refractivity contribution in [3.05, 3.63) is 30.1 Å². The summed E-state index contributed by atoms with van der Waals surface area (Å²) < 4.78 is 16.6. The third kappa shape index (κ3) is 4.96. The number of hydrogen-bond donors (Lipinski definition) is 0. The van der Waals surface area contributed by atoms with E-state index in [1.54, 1.807) is 7.11 Å². The van der Waals surface area contributed by atoms with Crippen LogP contribution in [0.1, 0.15) is 44.3 Å². The van der Waals surface area contributed by atoms with Crippen LogP contribution in [-0.2, 0) is 16.0 Å². The van der Waals surface area contributed by atoms with E-state index in [9.17, 15) is 4.79 Å². The van der Waals surface area contributed by atoms with Crippen LogP contribution in [0.5, 0.6) is 5.75 Å². The van der Waals surface area contributed by atoms with Crippen molar-refractivity contribution in [3.63, 3.8) is 0 Å². The molecule has 0 atom stereocenters. The Labute approximate surface area is 171 Å². The van der Waals surface area contributed by atoms with Gasteiger partial charge in [0.1, 0.15) is 11.9 Å². The molecule has 1 aromatic carbocycles. The number of rotatable bonds is 9. The van der Waals surface area contributed by atoms with Gasteiger partial charge >= 0.3 is 0 Å². The molecule has 29 heavy (non-hydrogen) atoms. The van der Waals surface area contributed by atoms with Gasteiger partial charge < -0.3 is 18.9 Å². The van der Waals surface area contributed by atoms with Crippen molar-refractivity contribution in [1.82, 2.24) is 15.0 Å². The van der Waals surface area contributed by atoms with Crippen molar-refractivity contribution in [3.8, 4) is 17.2 Å². The van der Waals surface area contributed by atoms with Crippen LogP contribution in [0, 0.1) is 5.92 Å². The average molecular weight is 399 g/mol. The van der Waals surface area contributed by atoms with E-state index >= 15 is 0 Å². The Morgan fingerprint density at radius 1 is 1.24 bits per heavy atom. The molecule has 0 unspecified atom stereocenters. The number of benzene rings is 1. The number of likely N-dealkylation sites (tertiary alicyclic amines) is 1. The average Bonchev–Trinajstić information content (AvgIpc) is 3.39. The number of amides is 1. The largest absolute Gasteiger partial charge is 0.486 e. The van der Waals surface area contributed by atoms with E-state index in [4.69, 9.17) is 14.0 Å². The number of hydrogen-bond acceptors (Lipinski definition) is 6. The molecule has 156 valence electrons. The number of carbonyl (C=O) groups excluding carboxylic acids is 1. The predicted octanol–water partition coefficient (Wildman–Crippen LogP) is 3.49. The Morgan fingerprint density at radius 3 is 2.83 bits per heavy atom. The molecule has 7 heteroatoms. The number of para-hydroxylation sites is 1. The van der Waals surface area contributed by atoms with E-state index in [0.717, 1.165) is 17.9 Å². The number of ether oxygens (including phenoxy) is 2. The fraction of sp³-hybridized carbons (Fsp3) is 0.591. The normalized spacial score (nSPS) is 17.5. The molecule has 4 rings (SSSR count). The van der Waals surface area contributed by atoms with Gasteiger partial charge in [-0.25, -0.2) is 0 Å². The van der Waals surface area contributed by atoms with Crippen LogP contribution in [0.4, 0.5) is 0 Å². The van der Waals surface area contributed by atoms with Crippen molar-refractivity contribution < 1.29 is 18.8 Å². The van der Waals surface area contributed by atoms with Gasteiger partial charge in [0.25, 0.3) is 5.89 Å². The molecule has 1 saturated heterocycles. The third-order valence-electron chi connectivity index (χ3n) is 5.85. The maximum absolute atomic E-state index is 12.4. The predicted molar refractivity (Wildman–Crippen MR) is 108 cm³/mol. The van der Waals surface area contributed by atoms with E-state index in [0.29, 0.717) is 50.0 Å². The molecular weight excluding hydrogens is 370 g/mol. The molecule has 0 radical (unpaired) electrons. The second kappa shape index (κ2) is 9.39. The standard InChI is InChI=1S/C22H29N3O4/c1-27-13-12-20-23-22(29-24-20)18-8-4-5-9-19(18)28-17-14-25(15-17)21(26)11-10-16-6-2-3-7-16/h4-5,8-9,16-17H,2-3,6-7,10-15H2,1H3. The van der Waals surface area contributed by atoms with Crippen molar-refractivity contribution in [1.29, 1.82) is 0 Å². The zero-order chi connectivity index (χ0) is 20.1. The molecule has 2 heterocycles. The lowest BCUT2D eigenvalue weighted by Crippen LogP contribution is -2.56. The topological polar surface area (TPSA) is 77.7 Å². The van der Waals surface area contributed by atoms with Crippen LogP contribution in [0.15, 0.2) is 28.8 Å². The molecule has 1 aliphatic carbocycles. The lowest BCUT2D eigenvalue weighted by molar-refractivity contribution is -0.140. The summed E-state index contributed by atoms with van der Waals surface area (Å²) in [6.45, 7) is 1.82. The summed E-state index contributed by atoms with van der Waals surface area (Å²) in [7, 11) is 1.64. The molecular formula is C22H29N3O4. The first-order chi connectivity index (χ1) is 14.2. The second-order valence-electron chi connectivity index (χ2n) is 7.98. The number of methoxy groups -OCH3 is 1. The first-order valence-corrected chi connectivity index (χ1v) is 10.6. The molecule has 1 aliphatic heterocycles. The molecule has 0 spiro atoms. The first-order valence-electron chi connectivity index (χ1n) is 10.6. The quantitative estimate of drug-likeness (QED) is 0.642. The van der Waals surface area contributed by atoms with Gasteiger partial charge in [0.15, 0.2) is 5.82 Å². The molecule has 2 aliphatic rings. The minimum absolute atomic E-state index is 0.00228. The highest BCUT2D eigenvalue weighted by molar-refractivity contribution is 5.77.